The van der Waals surface area contributed by atoms with Gasteiger partial charge in [0, 0.05) is 32.9 Å². The maximum absolute atomic E-state index is 5.67. The normalized spacial score (nSPS) is 14.7. The van der Waals surface area contributed by atoms with E-state index in [0.717, 1.165) is 43.9 Å². The third kappa shape index (κ3) is 7.12. The van der Waals surface area contributed by atoms with Crippen molar-refractivity contribution < 1.29 is 4.74 Å². The summed E-state index contributed by atoms with van der Waals surface area (Å²) >= 11 is 0. The number of hydrogen-bond donors (Lipinski definition) is 2. The molecule has 0 aliphatic heterocycles. The van der Waals surface area contributed by atoms with Gasteiger partial charge in [-0.1, -0.05) is 0 Å². The van der Waals surface area contributed by atoms with Gasteiger partial charge in [0.05, 0.1) is 18.8 Å². The van der Waals surface area contributed by atoms with Crippen molar-refractivity contribution in [1.29, 1.82) is 0 Å². The Morgan fingerprint density at radius 1 is 1.57 bits per heavy atom. The Balaban J connectivity index is 0.00000220. The lowest BCUT2D eigenvalue weighted by Gasteiger charge is -2.21. The highest BCUT2D eigenvalue weighted by Crippen LogP contribution is 2.28. The van der Waals surface area contributed by atoms with Gasteiger partial charge < -0.3 is 15.0 Å². The van der Waals surface area contributed by atoms with Crippen LogP contribution in [0.2, 0.25) is 0 Å². The molecule has 1 heterocycles. The highest BCUT2D eigenvalue weighted by atomic mass is 127. The number of nitrogens with one attached hydrogen (secondary N) is 2. The molecule has 0 saturated heterocycles. The zero-order chi connectivity index (χ0) is 14.2. The lowest BCUT2D eigenvalue weighted by molar-refractivity contribution is 0.115. The van der Waals surface area contributed by atoms with Crippen LogP contribution in [0.1, 0.15) is 25.5 Å². The minimum Gasteiger partial charge on any atom is -0.379 e. The molecule has 0 aromatic carbocycles. The predicted octanol–water partition coefficient (Wildman–Crippen LogP) is 1.85. The van der Waals surface area contributed by atoms with Gasteiger partial charge in [0.2, 0.25) is 0 Å². The SMILES string of the molecule is CCNC(=NCc1ccn[nH]1)N(C)CCOCC1CC1.I. The van der Waals surface area contributed by atoms with E-state index in [1.54, 1.807) is 6.20 Å². The van der Waals surface area contributed by atoms with Crippen LogP contribution in [0.3, 0.4) is 0 Å². The molecule has 6 nitrogen and oxygen atoms in total. The van der Waals surface area contributed by atoms with Gasteiger partial charge in [-0.3, -0.25) is 5.10 Å². The molecular weight excluding hydrogens is 381 g/mol. The van der Waals surface area contributed by atoms with E-state index in [1.807, 2.05) is 13.1 Å². The van der Waals surface area contributed by atoms with E-state index in [2.05, 4.69) is 32.3 Å². The minimum atomic E-state index is 0. The van der Waals surface area contributed by atoms with Crippen LogP contribution >= 0.6 is 24.0 Å². The molecule has 1 fully saturated rings. The first-order chi connectivity index (χ1) is 9.79. The summed E-state index contributed by atoms with van der Waals surface area (Å²) in [6.45, 7) is 6.05. The second-order valence-corrected chi connectivity index (χ2v) is 5.19. The van der Waals surface area contributed by atoms with Crippen LogP contribution in [-0.4, -0.2) is 54.4 Å². The highest BCUT2D eigenvalue weighted by molar-refractivity contribution is 14.0. The van der Waals surface area contributed by atoms with E-state index in [0.29, 0.717) is 6.54 Å². The summed E-state index contributed by atoms with van der Waals surface area (Å²) < 4.78 is 5.67. The lowest BCUT2D eigenvalue weighted by atomic mass is 10.4. The average molecular weight is 407 g/mol. The van der Waals surface area contributed by atoms with Gasteiger partial charge in [-0.15, -0.1) is 24.0 Å². The molecule has 2 N–H and O–H groups in total. The van der Waals surface area contributed by atoms with Gasteiger partial charge in [0.1, 0.15) is 0 Å². The molecule has 21 heavy (non-hydrogen) atoms. The number of ether oxygens (including phenoxy) is 1. The van der Waals surface area contributed by atoms with E-state index >= 15 is 0 Å². The summed E-state index contributed by atoms with van der Waals surface area (Å²) in [6, 6.07) is 1.94. The monoisotopic (exact) mass is 407 g/mol. The number of aliphatic imine (C=N–C) groups is 1. The quantitative estimate of drug-likeness (QED) is 0.299. The van der Waals surface area contributed by atoms with Gasteiger partial charge in [0.15, 0.2) is 5.96 Å². The van der Waals surface area contributed by atoms with Crippen molar-refractivity contribution in [3.63, 3.8) is 0 Å². The van der Waals surface area contributed by atoms with Gasteiger partial charge in [-0.05, 0) is 31.7 Å². The van der Waals surface area contributed by atoms with Crippen molar-refractivity contribution in [1.82, 2.24) is 20.4 Å². The molecular formula is C14H26IN5O. The molecule has 1 aliphatic rings. The molecule has 2 rings (SSSR count). The maximum atomic E-state index is 5.67. The van der Waals surface area contributed by atoms with Crippen molar-refractivity contribution >= 4 is 29.9 Å². The van der Waals surface area contributed by atoms with Crippen LogP contribution in [-0.2, 0) is 11.3 Å². The van der Waals surface area contributed by atoms with Gasteiger partial charge in [0.25, 0.3) is 0 Å². The Bertz CT molecular complexity index is 406. The fourth-order valence-corrected chi connectivity index (χ4v) is 1.84. The van der Waals surface area contributed by atoms with E-state index in [4.69, 9.17) is 4.74 Å². The summed E-state index contributed by atoms with van der Waals surface area (Å²) in [4.78, 5) is 6.69. The van der Waals surface area contributed by atoms with Crippen LogP contribution in [0.4, 0.5) is 0 Å². The number of likely N-dealkylation sites (N-methyl/N-ethyl adjacent to an activating group) is 1. The van der Waals surface area contributed by atoms with Crippen molar-refractivity contribution in [2.24, 2.45) is 10.9 Å². The minimum absolute atomic E-state index is 0. The van der Waals surface area contributed by atoms with Crippen molar-refractivity contribution in [2.75, 3.05) is 33.4 Å². The summed E-state index contributed by atoms with van der Waals surface area (Å²) in [7, 11) is 2.04. The maximum Gasteiger partial charge on any atom is 0.194 e. The first-order valence-electron chi connectivity index (χ1n) is 7.35. The second-order valence-electron chi connectivity index (χ2n) is 5.19. The molecule has 120 valence electrons. The van der Waals surface area contributed by atoms with E-state index in [1.165, 1.54) is 12.8 Å². The number of nitrogens with zero attached hydrogens (tertiary/aromatic N) is 3. The van der Waals surface area contributed by atoms with Crippen molar-refractivity contribution in [3.8, 4) is 0 Å². The standard InChI is InChI=1S/C14H25N5O.HI/c1-3-15-14(16-10-13-6-7-17-18-13)19(2)8-9-20-11-12-4-5-12;/h6-7,12H,3-5,8-11H2,1-2H3,(H,15,16)(H,17,18);1H. The zero-order valence-corrected chi connectivity index (χ0v) is 15.2. The molecule has 7 heteroatoms. The number of halogens is 1. The van der Waals surface area contributed by atoms with Crippen LogP contribution in [0.25, 0.3) is 0 Å². The number of aromatic amines is 1. The molecule has 1 aliphatic carbocycles. The Morgan fingerprint density at radius 3 is 3.00 bits per heavy atom. The molecule has 1 aromatic rings. The number of hydrogen-bond acceptors (Lipinski definition) is 3. The topological polar surface area (TPSA) is 65.5 Å². The molecule has 1 saturated carbocycles. The van der Waals surface area contributed by atoms with E-state index in [-0.39, 0.29) is 24.0 Å². The van der Waals surface area contributed by atoms with Crippen LogP contribution in [0.5, 0.6) is 0 Å². The van der Waals surface area contributed by atoms with Crippen molar-refractivity contribution in [2.45, 2.75) is 26.3 Å². The van der Waals surface area contributed by atoms with Gasteiger partial charge in [-0.25, -0.2) is 4.99 Å². The van der Waals surface area contributed by atoms with E-state index < -0.39 is 0 Å². The second kappa shape index (κ2) is 9.99. The molecule has 0 amide bonds. The average Bonchev–Trinajstić information content (AvgIpc) is 3.13. The molecule has 0 radical (unpaired) electrons. The smallest absolute Gasteiger partial charge is 0.194 e. The third-order valence-corrected chi connectivity index (χ3v) is 3.28. The fourth-order valence-electron chi connectivity index (χ4n) is 1.84. The first-order valence-corrected chi connectivity index (χ1v) is 7.35. The van der Waals surface area contributed by atoms with Crippen LogP contribution in [0, 0.1) is 5.92 Å². The van der Waals surface area contributed by atoms with Crippen LogP contribution < -0.4 is 5.32 Å². The summed E-state index contributed by atoms with van der Waals surface area (Å²) in [5.41, 5.74) is 1.01. The number of guanidine groups is 1. The Labute approximate surface area is 143 Å². The number of aromatic nitrogens is 2. The Kier molecular flexibility index (Phi) is 8.67. The first kappa shape index (κ1) is 18.2. The molecule has 0 bridgehead atoms. The summed E-state index contributed by atoms with van der Waals surface area (Å²) in [5, 5.41) is 10.1. The predicted molar refractivity (Wildman–Crippen MR) is 95.0 cm³/mol. The lowest BCUT2D eigenvalue weighted by Crippen LogP contribution is -2.40. The Hall–Kier alpha value is -0.830. The van der Waals surface area contributed by atoms with E-state index in [9.17, 15) is 0 Å². The van der Waals surface area contributed by atoms with Gasteiger partial charge in [-0.2, -0.15) is 5.10 Å². The third-order valence-electron chi connectivity index (χ3n) is 3.28. The molecule has 0 spiro atoms. The van der Waals surface area contributed by atoms with Crippen LogP contribution in [0.15, 0.2) is 17.3 Å². The summed E-state index contributed by atoms with van der Waals surface area (Å²) in [6.07, 6.45) is 4.42. The highest BCUT2D eigenvalue weighted by Gasteiger charge is 2.21. The fraction of sp³-hybridized carbons (Fsp3) is 0.714. The number of rotatable bonds is 8. The van der Waals surface area contributed by atoms with Gasteiger partial charge >= 0.3 is 0 Å². The molecule has 1 aromatic heterocycles. The zero-order valence-electron chi connectivity index (χ0n) is 12.8. The molecule has 0 unspecified atom stereocenters. The Morgan fingerprint density at radius 2 is 2.38 bits per heavy atom. The number of H-pyrrole nitrogens is 1. The summed E-state index contributed by atoms with van der Waals surface area (Å²) in [5.74, 6) is 1.72. The molecule has 0 atom stereocenters. The van der Waals surface area contributed by atoms with Crippen molar-refractivity contribution in [3.05, 3.63) is 18.0 Å². The largest absolute Gasteiger partial charge is 0.379 e.